The average Bonchev–Trinajstić information content (AvgIpc) is 2.86. The van der Waals surface area contributed by atoms with Crippen LogP contribution in [0.4, 0.5) is 0 Å². The van der Waals surface area contributed by atoms with Crippen molar-refractivity contribution in [2.45, 2.75) is 47.0 Å². The van der Waals surface area contributed by atoms with Crippen LogP contribution >= 0.6 is 0 Å². The maximum atomic E-state index is 2.37. The fraction of sp³-hybridized carbons (Fsp3) is 0.189. The average molecular weight is 479 g/mol. The topological polar surface area (TPSA) is 0 Å². The molecule has 0 radical (unpaired) electrons. The predicted molar refractivity (Wildman–Crippen MR) is 163 cm³/mol. The van der Waals surface area contributed by atoms with Gasteiger partial charge in [-0.3, -0.25) is 0 Å². The van der Waals surface area contributed by atoms with Crippen molar-refractivity contribution in [2.75, 3.05) is 0 Å². The molecule has 0 aromatic heterocycles. The maximum absolute atomic E-state index is 2.37. The molecule has 6 aromatic rings. The zero-order chi connectivity index (χ0) is 25.9. The minimum absolute atomic E-state index is 0.140. The number of hydrogen-bond donors (Lipinski definition) is 0. The van der Waals surface area contributed by atoms with Crippen LogP contribution in [-0.4, -0.2) is 0 Å². The number of rotatable bonds is 2. The highest BCUT2D eigenvalue weighted by molar-refractivity contribution is 6.22. The molecule has 0 aliphatic carbocycles. The lowest BCUT2D eigenvalue weighted by Crippen LogP contribution is -2.10. The Morgan fingerprint density at radius 3 is 1.49 bits per heavy atom. The Kier molecular flexibility index (Phi) is 5.46. The Morgan fingerprint density at radius 2 is 0.946 bits per heavy atom. The molecular weight excluding hydrogens is 444 g/mol. The van der Waals surface area contributed by atoms with Gasteiger partial charge in [0.25, 0.3) is 0 Å². The minimum Gasteiger partial charge on any atom is -0.0616 e. The molecule has 6 aromatic carbocycles. The molecule has 0 amide bonds. The van der Waals surface area contributed by atoms with E-state index in [2.05, 4.69) is 139 Å². The van der Waals surface area contributed by atoms with E-state index in [4.69, 9.17) is 0 Å². The fourth-order valence-electron chi connectivity index (χ4n) is 6.15. The van der Waals surface area contributed by atoms with E-state index in [1.807, 2.05) is 0 Å². The minimum atomic E-state index is 0.140. The lowest BCUT2D eigenvalue weighted by molar-refractivity contribution is 0.591. The van der Waals surface area contributed by atoms with E-state index in [1.165, 1.54) is 76.8 Å². The van der Waals surface area contributed by atoms with E-state index in [9.17, 15) is 0 Å². The van der Waals surface area contributed by atoms with Crippen molar-refractivity contribution in [1.82, 2.24) is 0 Å². The highest BCUT2D eigenvalue weighted by Gasteiger charge is 2.19. The summed E-state index contributed by atoms with van der Waals surface area (Å²) in [6.07, 6.45) is 0. The van der Waals surface area contributed by atoms with Crippen LogP contribution < -0.4 is 0 Å². The zero-order valence-corrected chi connectivity index (χ0v) is 22.7. The number of fused-ring (bicyclic) bond motifs is 3. The molecule has 0 heterocycles. The molecule has 6 rings (SSSR count). The van der Waals surface area contributed by atoms with Crippen LogP contribution in [0.15, 0.2) is 97.1 Å². The molecule has 0 aliphatic heterocycles. The van der Waals surface area contributed by atoms with Crippen molar-refractivity contribution < 1.29 is 0 Å². The largest absolute Gasteiger partial charge is 0.0616 e. The zero-order valence-electron chi connectivity index (χ0n) is 22.7. The molecule has 0 spiro atoms. The van der Waals surface area contributed by atoms with E-state index in [0.29, 0.717) is 0 Å². The van der Waals surface area contributed by atoms with Gasteiger partial charge >= 0.3 is 0 Å². The second kappa shape index (κ2) is 8.60. The van der Waals surface area contributed by atoms with Crippen molar-refractivity contribution in [3.63, 3.8) is 0 Å². The van der Waals surface area contributed by atoms with Crippen LogP contribution in [0.3, 0.4) is 0 Å². The van der Waals surface area contributed by atoms with Gasteiger partial charge in [0.15, 0.2) is 0 Å². The second-order valence-corrected chi connectivity index (χ2v) is 11.6. The Morgan fingerprint density at radius 1 is 0.459 bits per heavy atom. The molecule has 0 saturated heterocycles. The molecule has 0 saturated carbocycles. The third kappa shape index (κ3) is 3.92. The smallest absolute Gasteiger partial charge is 0.00210 e. The number of hydrogen-bond acceptors (Lipinski definition) is 0. The normalized spacial score (nSPS) is 12.1. The van der Waals surface area contributed by atoms with Crippen molar-refractivity contribution in [3.8, 4) is 22.3 Å². The summed E-state index contributed by atoms with van der Waals surface area (Å²) in [6.45, 7) is 13.5. The van der Waals surface area contributed by atoms with Gasteiger partial charge in [0.05, 0.1) is 0 Å². The summed E-state index contributed by atoms with van der Waals surface area (Å²) in [5.41, 5.74) is 10.8. The first kappa shape index (κ1) is 23.5. The Balaban J connectivity index is 1.69. The van der Waals surface area contributed by atoms with Crippen LogP contribution in [0, 0.1) is 20.8 Å². The first-order valence-corrected chi connectivity index (χ1v) is 13.3. The van der Waals surface area contributed by atoms with Crippen molar-refractivity contribution >= 4 is 32.3 Å². The summed E-state index contributed by atoms with van der Waals surface area (Å²) in [5, 5.41) is 7.83. The molecule has 0 fully saturated rings. The summed E-state index contributed by atoms with van der Waals surface area (Å²) in [4.78, 5) is 0. The summed E-state index contributed by atoms with van der Waals surface area (Å²) in [6, 6.07) is 36.4. The lowest BCUT2D eigenvalue weighted by Gasteiger charge is -2.21. The van der Waals surface area contributed by atoms with Gasteiger partial charge in [-0.1, -0.05) is 117 Å². The van der Waals surface area contributed by atoms with Crippen molar-refractivity contribution in [2.24, 2.45) is 0 Å². The summed E-state index contributed by atoms with van der Waals surface area (Å²) in [5.74, 6) is 0. The molecule has 0 nitrogen and oxygen atoms in total. The standard InChI is InChI=1S/C37H34/c1-23-19-24(2)34(25(3)20-23)36-32-13-9-7-11-30(32)35(31-12-8-10-14-33(31)36)28-16-15-27-22-29(37(4,5)6)18-17-26(27)21-28/h7-22H,1-6H3. The second-order valence-electron chi connectivity index (χ2n) is 11.6. The van der Waals surface area contributed by atoms with Gasteiger partial charge in [-0.05, 0) is 104 Å². The van der Waals surface area contributed by atoms with Crippen LogP contribution in [-0.2, 0) is 5.41 Å². The van der Waals surface area contributed by atoms with Crippen LogP contribution in [0.2, 0.25) is 0 Å². The number of benzene rings is 6. The first-order valence-electron chi connectivity index (χ1n) is 13.3. The first-order chi connectivity index (χ1) is 17.7. The molecular formula is C37H34. The van der Waals surface area contributed by atoms with Gasteiger partial charge < -0.3 is 0 Å². The molecule has 0 atom stereocenters. The molecule has 0 aliphatic rings. The molecule has 37 heavy (non-hydrogen) atoms. The van der Waals surface area contributed by atoms with E-state index < -0.39 is 0 Å². The van der Waals surface area contributed by atoms with Crippen molar-refractivity contribution in [3.05, 3.63) is 119 Å². The van der Waals surface area contributed by atoms with Crippen LogP contribution in [0.1, 0.15) is 43.0 Å². The molecule has 182 valence electrons. The lowest BCUT2D eigenvalue weighted by atomic mass is 9.82. The van der Waals surface area contributed by atoms with E-state index in [-0.39, 0.29) is 5.41 Å². The predicted octanol–water partition coefficient (Wildman–Crippen LogP) is 10.7. The van der Waals surface area contributed by atoms with Crippen molar-refractivity contribution in [1.29, 1.82) is 0 Å². The van der Waals surface area contributed by atoms with Gasteiger partial charge in [-0.25, -0.2) is 0 Å². The molecule has 0 unspecified atom stereocenters. The highest BCUT2D eigenvalue weighted by Crippen LogP contribution is 2.45. The molecule has 0 heteroatoms. The van der Waals surface area contributed by atoms with Gasteiger partial charge in [-0.2, -0.15) is 0 Å². The van der Waals surface area contributed by atoms with Gasteiger partial charge in [0, 0.05) is 0 Å². The number of aryl methyl sites for hydroxylation is 3. The summed E-state index contributed by atoms with van der Waals surface area (Å²) in [7, 11) is 0. The third-order valence-electron chi connectivity index (χ3n) is 7.85. The Labute approximate surface area is 220 Å². The van der Waals surface area contributed by atoms with Crippen LogP contribution in [0.5, 0.6) is 0 Å². The maximum Gasteiger partial charge on any atom is -0.00210 e. The monoisotopic (exact) mass is 478 g/mol. The summed E-state index contributed by atoms with van der Waals surface area (Å²) < 4.78 is 0. The fourth-order valence-corrected chi connectivity index (χ4v) is 6.15. The molecule has 0 N–H and O–H groups in total. The third-order valence-corrected chi connectivity index (χ3v) is 7.85. The van der Waals surface area contributed by atoms with E-state index >= 15 is 0 Å². The SMILES string of the molecule is Cc1cc(C)c(-c2c3ccccc3c(-c3ccc4cc(C(C)(C)C)ccc4c3)c3ccccc23)c(C)c1. The summed E-state index contributed by atoms with van der Waals surface area (Å²) >= 11 is 0. The highest BCUT2D eigenvalue weighted by atomic mass is 14.2. The van der Waals surface area contributed by atoms with Crippen LogP contribution in [0.25, 0.3) is 54.6 Å². The Hall–Kier alpha value is -3.90. The van der Waals surface area contributed by atoms with Gasteiger partial charge in [-0.15, -0.1) is 0 Å². The van der Waals surface area contributed by atoms with E-state index in [0.717, 1.165) is 0 Å². The quantitative estimate of drug-likeness (QED) is 0.217. The van der Waals surface area contributed by atoms with E-state index in [1.54, 1.807) is 0 Å². The van der Waals surface area contributed by atoms with Gasteiger partial charge in [0.2, 0.25) is 0 Å². The van der Waals surface area contributed by atoms with Gasteiger partial charge in [0.1, 0.15) is 0 Å². The Bertz CT molecular complexity index is 1750. The molecule has 0 bridgehead atoms.